The third kappa shape index (κ3) is 41.6. The van der Waals surface area contributed by atoms with E-state index in [2.05, 4.69) is 37.2 Å². The standard InChI is InChI=1S/C100H127B15N7O21PS2/c1-61(2)46-82(85(127)38-43-91(133)144(10)109)120-95(137)69(49-64-24-14-11-15-25-64)53-73(124)57-116-88(130)41-35-67(52-72(123)36-34-68(99(141)143-100(7,8)9)56-90(132)142-60-80-78-32-22-20-30-76(78)77-31-21-23-33-79(77)80)94(136)119-81(98(140)118-59-75(126)55-71(51-66-28-18-13-19-29-66)97(139)122-84(48-63(5)6)87(129)40-45-93(135)146(112-103,113-104)115(107)108)37-42-89(131)117-58-74(125)54-70(50-65-26-16-12-17-27-65)96(138)121-83(47-62(3)4)86(128)39-44-92(134)145(110-101,111-102)114(105)106/h11-33,61-63,67-71,80-84H,34-60H2,1-10H3,(H,116,130)(H,117,131)(H,118,140)(H,119,136)(H,120,137)(H,121,138)(H,122,139). The van der Waals surface area contributed by atoms with Crippen LogP contribution in [0.2, 0.25) is 0 Å². The van der Waals surface area contributed by atoms with E-state index in [1.54, 1.807) is 132 Å². The minimum atomic E-state index is -2.87. The van der Waals surface area contributed by atoms with Crippen molar-refractivity contribution in [1.82, 2.24) is 37.2 Å². The molecule has 5 aromatic rings. The Balaban J connectivity index is 1.35. The van der Waals surface area contributed by atoms with Crippen molar-refractivity contribution in [3.05, 3.63) is 167 Å². The van der Waals surface area contributed by atoms with Crippen LogP contribution in [0.15, 0.2) is 140 Å². The first-order valence-electron chi connectivity index (χ1n) is 49.4. The van der Waals surface area contributed by atoms with E-state index in [1.165, 1.54) is 0 Å². The van der Waals surface area contributed by atoms with Crippen molar-refractivity contribution in [3.8, 4) is 11.1 Å². The monoisotopic (exact) mass is 2020 g/mol. The van der Waals surface area contributed by atoms with Crippen LogP contribution in [0.5, 0.6) is 0 Å². The fraction of sp³-hybridized carbons (Fsp3) is 0.510. The summed E-state index contributed by atoms with van der Waals surface area (Å²) in [6, 6.07) is 40.1. The molecule has 6 rings (SSSR count). The molecule has 7 N–H and O–H groups in total. The minimum absolute atomic E-state index is 0.0163. The van der Waals surface area contributed by atoms with E-state index in [1.807, 2.05) is 76.2 Å². The van der Waals surface area contributed by atoms with E-state index in [0.29, 0.717) is 16.7 Å². The van der Waals surface area contributed by atoms with Crippen molar-refractivity contribution in [2.75, 3.05) is 32.9 Å². The summed E-state index contributed by atoms with van der Waals surface area (Å²) < 4.78 is 11.7. The number of nitrogens with one attached hydrogen (secondary N) is 7. The summed E-state index contributed by atoms with van der Waals surface area (Å²) in [7, 11) is 45.7. The average molecular weight is 2020 g/mol. The molecule has 28 nitrogen and oxygen atoms in total. The second-order valence-corrected chi connectivity index (χ2v) is 47.2. The number of amides is 7. The number of ketones is 7. The molecule has 0 spiro atoms. The number of ether oxygens (including phenoxy) is 2. The van der Waals surface area contributed by atoms with Crippen LogP contribution in [0, 0.1) is 47.3 Å². The van der Waals surface area contributed by atoms with Gasteiger partial charge in [-0.15, -0.1) is 0 Å². The number of hydrogen-bond donors (Lipinski definition) is 7. The molecule has 0 heterocycles. The number of carbonyl (C=O) groups is 19. The summed E-state index contributed by atoms with van der Waals surface area (Å²) in [5.74, 6) is -21.8. The number of hydrogen-bond acceptors (Lipinski definition) is 21. The van der Waals surface area contributed by atoms with E-state index in [9.17, 15) is 81.5 Å². The summed E-state index contributed by atoms with van der Waals surface area (Å²) in [6.07, 6.45) is -7.65. The van der Waals surface area contributed by atoms with Crippen LogP contribution in [0.1, 0.15) is 224 Å². The van der Waals surface area contributed by atoms with Crippen LogP contribution >= 0.6 is 25.3 Å². The van der Waals surface area contributed by atoms with Gasteiger partial charge in [0.1, 0.15) is 37.1 Å². The van der Waals surface area contributed by atoms with E-state index in [4.69, 9.17) is 78.9 Å². The predicted octanol–water partition coefficient (Wildman–Crippen LogP) is 6.37. The quantitative estimate of drug-likeness (QED) is 0.0126. The Morgan fingerprint density at radius 3 is 1.07 bits per heavy atom. The Bertz CT molecular complexity index is 5640. The van der Waals surface area contributed by atoms with Gasteiger partial charge in [-0.05, 0) is 93.3 Å². The molecule has 10 unspecified atom stereocenters. The van der Waals surface area contributed by atoms with Gasteiger partial charge in [-0.2, -0.15) is 0 Å². The topological polar surface area (TPSA) is 427 Å². The summed E-state index contributed by atoms with van der Waals surface area (Å²) in [5, 5.41) is 17.5. The Kier molecular flexibility index (Phi) is 53.5. The van der Waals surface area contributed by atoms with Crippen molar-refractivity contribution >= 4 is 240 Å². The Labute approximate surface area is 876 Å². The van der Waals surface area contributed by atoms with E-state index in [-0.39, 0.29) is 106 Å². The number of fused-ring (bicyclic) bond motifs is 3. The molecule has 7 amide bonds. The first-order chi connectivity index (χ1) is 69.1. The number of rotatable bonds is 64. The molecule has 146 heavy (non-hydrogen) atoms. The maximum atomic E-state index is 15.5. The van der Waals surface area contributed by atoms with Gasteiger partial charge in [0.2, 0.25) is 29.5 Å². The van der Waals surface area contributed by atoms with Crippen molar-refractivity contribution in [2.24, 2.45) is 47.3 Å². The van der Waals surface area contributed by atoms with Gasteiger partial charge in [0.05, 0.1) is 24.9 Å². The third-order valence-corrected chi connectivity index (χ3v) is 31.6. The van der Waals surface area contributed by atoms with Gasteiger partial charge in [-0.25, -0.2) is 0 Å². The van der Waals surface area contributed by atoms with Gasteiger partial charge in [0, 0.05) is 62.7 Å². The predicted molar refractivity (Wildman–Crippen MR) is 586 cm³/mol. The van der Waals surface area contributed by atoms with Crippen LogP contribution in [0.25, 0.3) is 11.1 Å². The van der Waals surface area contributed by atoms with Gasteiger partial charge < -0.3 is 36.1 Å². The molecule has 0 saturated carbocycles. The van der Waals surface area contributed by atoms with Gasteiger partial charge in [0.15, 0.2) is 11.6 Å². The van der Waals surface area contributed by atoms with Crippen LogP contribution in [0.3, 0.4) is 0 Å². The molecule has 0 aromatic heterocycles. The molecule has 46 heteroatoms. The third-order valence-electron chi connectivity index (χ3n) is 25.0. The van der Waals surface area contributed by atoms with Gasteiger partial charge in [-0.3, -0.25) is 52.7 Å². The van der Waals surface area contributed by atoms with Gasteiger partial charge >= 0.3 is 397 Å². The zero-order chi connectivity index (χ0) is 108. The fourth-order valence-electron chi connectivity index (χ4n) is 17.0. The average Bonchev–Trinajstić information content (AvgIpc) is 1.61. The van der Waals surface area contributed by atoms with Crippen LogP contribution < -0.4 is 37.2 Å². The maximum absolute atomic E-state index is 15.5. The smallest absolute Gasteiger partial charge is 0.0622 e. The molecular weight excluding hydrogens is 1890 g/mol. The second kappa shape index (κ2) is 62.6. The SMILES string of the molecule is [B]B=S(=B[B])(B([B])[B])C(=O)CCC(=O)C(CC(C)C)NC(=O)C(CC(=O)CNC(=O)CCC(NC(=O)C(CCC(=O)NCC(=O)CC(Cc1ccccc1)C(=O)NC(CC(C)C)C(=O)CCC(=O)P([B])C)CC(=O)CCC(CC(=O)OCC1c2ccccc2-c2ccccc21)C(=O)OC(C)(C)C)C(=O)NCC(=O)CC(Cc1ccccc1)C(=O)NC(CC(C)C)C(=O)CCC(=O)S(=B[B])(=B[B])B([B])[B])Cc1ccccc1. The number of carbonyl (C=O) groups excluding carboxylic acids is 19. The van der Waals surface area contributed by atoms with Crippen molar-refractivity contribution < 1.29 is 101 Å². The summed E-state index contributed by atoms with van der Waals surface area (Å²) in [5.41, 5.74) is 4.24. The number of benzene rings is 5. The number of Topliss-reactive ketones (excluding diaryl/α,β-unsaturated/α-hetero) is 7. The summed E-state index contributed by atoms with van der Waals surface area (Å²) >= 11 is 0. The Hall–Kier alpha value is -9.87. The van der Waals surface area contributed by atoms with E-state index < -0.39 is 297 Å². The molecular formula is C100H127B15N7O21PS2. The molecule has 0 fully saturated rings. The zero-order valence-electron chi connectivity index (χ0n) is 85.4. The molecule has 10 atom stereocenters. The molecule has 5 aromatic carbocycles. The summed E-state index contributed by atoms with van der Waals surface area (Å²) in [6.45, 7) is 15.0. The molecule has 1 aliphatic rings. The number of esters is 2. The molecule has 0 aliphatic heterocycles. The van der Waals surface area contributed by atoms with Gasteiger partial charge in [0.25, 0.3) is 0 Å². The normalized spacial score (nSPS) is 13.7. The fourth-order valence-corrected chi connectivity index (χ4v) is 20.5. The van der Waals surface area contributed by atoms with Crippen molar-refractivity contribution in [3.63, 3.8) is 0 Å². The van der Waals surface area contributed by atoms with Crippen LogP contribution in [-0.2, 0) is 120 Å². The molecule has 1 aliphatic carbocycles. The van der Waals surface area contributed by atoms with Crippen LogP contribution in [0.4, 0.5) is 0 Å². The molecule has 750 valence electrons. The zero-order valence-corrected chi connectivity index (χ0v) is 87.9. The Morgan fingerprint density at radius 2 is 0.712 bits per heavy atom. The molecule has 18 radical (unpaired) electrons. The second-order valence-electron chi connectivity index (χ2n) is 39.3. The van der Waals surface area contributed by atoms with Crippen molar-refractivity contribution in [2.45, 2.75) is 246 Å². The van der Waals surface area contributed by atoms with Crippen molar-refractivity contribution in [1.29, 1.82) is 0 Å². The minimum Gasteiger partial charge on any atom is -0.0622 e. The Morgan fingerprint density at radius 1 is 0.384 bits per heavy atom. The van der Waals surface area contributed by atoms with Crippen LogP contribution in [-0.4, -0.2) is 277 Å². The van der Waals surface area contributed by atoms with E-state index in [0.717, 1.165) is 46.4 Å². The van der Waals surface area contributed by atoms with Gasteiger partial charge in [-0.1, -0.05) is 137 Å². The first kappa shape index (κ1) is 125. The van der Waals surface area contributed by atoms with E-state index >= 15 is 9.59 Å². The molecule has 0 saturated heterocycles. The first-order valence-corrected chi connectivity index (χ1v) is 54.9. The summed E-state index contributed by atoms with van der Waals surface area (Å²) in [4.78, 5) is 271. The molecule has 0 bridgehead atoms.